The maximum absolute atomic E-state index is 12.7. The van der Waals surface area contributed by atoms with E-state index in [-0.39, 0.29) is 5.78 Å². The van der Waals surface area contributed by atoms with Gasteiger partial charge in [-0.1, -0.05) is 36.4 Å². The van der Waals surface area contributed by atoms with Crippen LogP contribution in [0.3, 0.4) is 0 Å². The molecule has 0 unspecified atom stereocenters. The van der Waals surface area contributed by atoms with E-state index in [0.717, 1.165) is 28.1 Å². The number of nitrogens with one attached hydrogen (secondary N) is 1. The monoisotopic (exact) mass is 316 g/mol. The molecule has 3 aromatic carbocycles. The van der Waals surface area contributed by atoms with Crippen molar-refractivity contribution >= 4 is 22.8 Å². The van der Waals surface area contributed by atoms with Crippen molar-refractivity contribution < 1.29 is 4.79 Å². The predicted octanol–water partition coefficient (Wildman–Crippen LogP) is 4.86. The molecule has 3 rings (SSSR count). The number of nitrogens with two attached hydrogens (primary N) is 1. The van der Waals surface area contributed by atoms with Crippen LogP contribution in [0, 0.1) is 13.8 Å². The number of carbonyl (C=O) groups is 1. The van der Waals surface area contributed by atoms with Crippen LogP contribution in [-0.2, 0) is 0 Å². The molecule has 0 atom stereocenters. The molecule has 0 saturated heterocycles. The molecule has 3 N–H and O–H groups in total. The first-order valence-electron chi connectivity index (χ1n) is 7.89. The van der Waals surface area contributed by atoms with Gasteiger partial charge in [-0.25, -0.2) is 0 Å². The topological polar surface area (TPSA) is 55.1 Å². The van der Waals surface area contributed by atoms with Gasteiger partial charge >= 0.3 is 0 Å². The highest BCUT2D eigenvalue weighted by molar-refractivity contribution is 6.10. The summed E-state index contributed by atoms with van der Waals surface area (Å²) in [5, 5.41) is 3.32. The zero-order valence-electron chi connectivity index (χ0n) is 13.8. The van der Waals surface area contributed by atoms with Crippen LogP contribution >= 0.6 is 0 Å². The molecule has 0 radical (unpaired) electrons. The Bertz CT molecular complexity index is 900. The summed E-state index contributed by atoms with van der Waals surface area (Å²) >= 11 is 0. The zero-order valence-corrected chi connectivity index (χ0v) is 13.8. The van der Waals surface area contributed by atoms with E-state index in [1.54, 1.807) is 0 Å². The van der Waals surface area contributed by atoms with Crippen molar-refractivity contribution in [2.45, 2.75) is 13.8 Å². The Hall–Kier alpha value is -3.07. The fraction of sp³-hybridized carbons (Fsp3) is 0.0952. The number of para-hydroxylation sites is 2. The minimum Gasteiger partial charge on any atom is -0.397 e. The van der Waals surface area contributed by atoms with Gasteiger partial charge in [0.1, 0.15) is 0 Å². The van der Waals surface area contributed by atoms with Crippen LogP contribution < -0.4 is 11.1 Å². The molecule has 0 aromatic heterocycles. The van der Waals surface area contributed by atoms with Crippen molar-refractivity contribution in [2.24, 2.45) is 0 Å². The van der Waals surface area contributed by atoms with Gasteiger partial charge in [0.05, 0.1) is 11.4 Å². The maximum atomic E-state index is 12.7. The Kier molecular flexibility index (Phi) is 4.34. The molecule has 3 heteroatoms. The number of hydrogen-bond acceptors (Lipinski definition) is 3. The molecule has 0 aliphatic heterocycles. The highest BCUT2D eigenvalue weighted by atomic mass is 16.1. The summed E-state index contributed by atoms with van der Waals surface area (Å²) in [5.41, 5.74) is 11.9. The summed E-state index contributed by atoms with van der Waals surface area (Å²) in [6.45, 7) is 3.93. The third kappa shape index (κ3) is 3.15. The van der Waals surface area contributed by atoms with Gasteiger partial charge in [-0.05, 0) is 55.3 Å². The van der Waals surface area contributed by atoms with E-state index >= 15 is 0 Å². The van der Waals surface area contributed by atoms with E-state index in [2.05, 4.69) is 5.32 Å². The molecule has 120 valence electrons. The molecule has 3 nitrogen and oxygen atoms in total. The molecule has 0 saturated carbocycles. The molecule has 0 aliphatic carbocycles. The number of benzene rings is 3. The van der Waals surface area contributed by atoms with Crippen LogP contribution in [0.4, 0.5) is 17.1 Å². The SMILES string of the molecule is Cc1cc(C(=O)c2ccccc2C)ccc1Nc1ccccc1N. The van der Waals surface area contributed by atoms with Crippen LogP contribution in [0.5, 0.6) is 0 Å². The first-order valence-corrected chi connectivity index (χ1v) is 7.89. The number of nitrogen functional groups attached to an aromatic ring is 1. The maximum Gasteiger partial charge on any atom is 0.193 e. The first-order chi connectivity index (χ1) is 11.6. The third-order valence-electron chi connectivity index (χ3n) is 4.11. The highest BCUT2D eigenvalue weighted by Gasteiger charge is 2.12. The average molecular weight is 316 g/mol. The number of anilines is 3. The van der Waals surface area contributed by atoms with Crippen molar-refractivity contribution in [3.05, 3.63) is 89.0 Å². The fourth-order valence-corrected chi connectivity index (χ4v) is 2.68. The molecule has 24 heavy (non-hydrogen) atoms. The summed E-state index contributed by atoms with van der Waals surface area (Å²) in [6.07, 6.45) is 0. The molecule has 0 spiro atoms. The van der Waals surface area contributed by atoms with E-state index in [4.69, 9.17) is 5.73 Å². The molecule has 0 bridgehead atoms. The lowest BCUT2D eigenvalue weighted by Gasteiger charge is -2.13. The number of aryl methyl sites for hydroxylation is 2. The second-order valence-corrected chi connectivity index (χ2v) is 5.89. The molecule has 3 aromatic rings. The largest absolute Gasteiger partial charge is 0.397 e. The lowest BCUT2D eigenvalue weighted by molar-refractivity contribution is 0.103. The lowest BCUT2D eigenvalue weighted by atomic mass is 9.97. The van der Waals surface area contributed by atoms with Crippen LogP contribution in [0.15, 0.2) is 66.7 Å². The van der Waals surface area contributed by atoms with Crippen molar-refractivity contribution in [1.82, 2.24) is 0 Å². The second kappa shape index (κ2) is 6.59. The van der Waals surface area contributed by atoms with E-state index in [1.165, 1.54) is 0 Å². The minimum absolute atomic E-state index is 0.0435. The van der Waals surface area contributed by atoms with Crippen LogP contribution in [0.25, 0.3) is 0 Å². The Morgan fingerprint density at radius 1 is 0.833 bits per heavy atom. The summed E-state index contributed by atoms with van der Waals surface area (Å²) in [7, 11) is 0. The van der Waals surface area contributed by atoms with Gasteiger partial charge in [-0.2, -0.15) is 0 Å². The van der Waals surface area contributed by atoms with E-state index in [0.29, 0.717) is 11.3 Å². The van der Waals surface area contributed by atoms with Crippen molar-refractivity contribution in [3.8, 4) is 0 Å². The first kappa shape index (κ1) is 15.8. The summed E-state index contributed by atoms with van der Waals surface area (Å²) in [6, 6.07) is 21.0. The molecule has 0 fully saturated rings. The second-order valence-electron chi connectivity index (χ2n) is 5.89. The van der Waals surface area contributed by atoms with Gasteiger partial charge in [0.25, 0.3) is 0 Å². The van der Waals surface area contributed by atoms with Crippen molar-refractivity contribution in [1.29, 1.82) is 0 Å². The number of hydrogen-bond donors (Lipinski definition) is 2. The van der Waals surface area contributed by atoms with Crippen molar-refractivity contribution in [3.63, 3.8) is 0 Å². The van der Waals surface area contributed by atoms with E-state index in [9.17, 15) is 4.79 Å². The normalized spacial score (nSPS) is 10.4. The van der Waals surface area contributed by atoms with Gasteiger partial charge in [0, 0.05) is 16.8 Å². The van der Waals surface area contributed by atoms with Crippen LogP contribution in [0.1, 0.15) is 27.0 Å². The Labute approximate surface area is 142 Å². The van der Waals surface area contributed by atoms with E-state index < -0.39 is 0 Å². The number of carbonyl (C=O) groups excluding carboxylic acids is 1. The van der Waals surface area contributed by atoms with Crippen LogP contribution in [-0.4, -0.2) is 5.78 Å². The molecule has 0 amide bonds. The quantitative estimate of drug-likeness (QED) is 0.534. The van der Waals surface area contributed by atoms with Gasteiger partial charge in [0.2, 0.25) is 0 Å². The van der Waals surface area contributed by atoms with Gasteiger partial charge < -0.3 is 11.1 Å². The van der Waals surface area contributed by atoms with Crippen molar-refractivity contribution in [2.75, 3.05) is 11.1 Å². The third-order valence-corrected chi connectivity index (χ3v) is 4.11. The molecular weight excluding hydrogens is 296 g/mol. The van der Waals surface area contributed by atoms with E-state index in [1.807, 2.05) is 80.6 Å². The summed E-state index contributed by atoms with van der Waals surface area (Å²) in [4.78, 5) is 12.7. The molecule has 0 heterocycles. The Balaban J connectivity index is 1.89. The lowest BCUT2D eigenvalue weighted by Crippen LogP contribution is -2.05. The Morgan fingerprint density at radius 2 is 1.54 bits per heavy atom. The smallest absolute Gasteiger partial charge is 0.193 e. The summed E-state index contributed by atoms with van der Waals surface area (Å²) in [5.74, 6) is 0.0435. The summed E-state index contributed by atoms with van der Waals surface area (Å²) < 4.78 is 0. The van der Waals surface area contributed by atoms with Gasteiger partial charge in [-0.15, -0.1) is 0 Å². The van der Waals surface area contributed by atoms with Gasteiger partial charge in [0.15, 0.2) is 5.78 Å². The molecular formula is C21H20N2O. The van der Waals surface area contributed by atoms with Crippen LogP contribution in [0.2, 0.25) is 0 Å². The minimum atomic E-state index is 0.0435. The standard InChI is InChI=1S/C21H20N2O/c1-14-7-3-4-8-17(14)21(24)16-11-12-19(15(2)13-16)23-20-10-6-5-9-18(20)22/h3-13,23H,22H2,1-2H3. The molecule has 0 aliphatic rings. The Morgan fingerprint density at radius 3 is 2.25 bits per heavy atom. The fourth-order valence-electron chi connectivity index (χ4n) is 2.68. The zero-order chi connectivity index (χ0) is 17.1. The average Bonchev–Trinajstić information content (AvgIpc) is 2.58. The number of ketones is 1. The van der Waals surface area contributed by atoms with Gasteiger partial charge in [-0.3, -0.25) is 4.79 Å². The highest BCUT2D eigenvalue weighted by Crippen LogP contribution is 2.26. The number of rotatable bonds is 4. The predicted molar refractivity (Wildman–Crippen MR) is 99.9 cm³/mol.